The van der Waals surface area contributed by atoms with Gasteiger partial charge in [0.1, 0.15) is 0 Å². The number of rotatable bonds is 7. The molecule has 0 bridgehead atoms. The van der Waals surface area contributed by atoms with Crippen molar-refractivity contribution in [2.24, 2.45) is 5.73 Å². The zero-order valence-electron chi connectivity index (χ0n) is 15.6. The monoisotopic (exact) mass is 402 g/mol. The third-order valence-electron chi connectivity index (χ3n) is 3.72. The molecule has 0 heterocycles. The Hall–Kier alpha value is -4.15. The number of ether oxygens (including phenoxy) is 2. The minimum Gasteiger partial charge on any atom is -0.490 e. The molecule has 2 aromatic carbocycles. The first-order chi connectivity index (χ1) is 13.7. The van der Waals surface area contributed by atoms with Crippen LogP contribution in [-0.2, 0) is 9.53 Å². The number of esters is 1. The molecule has 0 saturated heterocycles. The zero-order chi connectivity index (χ0) is 21.6. The van der Waals surface area contributed by atoms with E-state index >= 15 is 0 Å². The van der Waals surface area contributed by atoms with Crippen molar-refractivity contribution in [2.45, 2.75) is 6.92 Å². The highest BCUT2D eigenvalue weighted by molar-refractivity contribution is 5.96. The van der Waals surface area contributed by atoms with E-state index in [4.69, 9.17) is 15.2 Å². The van der Waals surface area contributed by atoms with E-state index in [-0.39, 0.29) is 22.7 Å². The molecule has 29 heavy (non-hydrogen) atoms. The summed E-state index contributed by atoms with van der Waals surface area (Å²) in [6.07, 6.45) is 0. The molecule has 0 spiro atoms. The fourth-order valence-corrected chi connectivity index (χ4v) is 2.35. The van der Waals surface area contributed by atoms with Gasteiger partial charge in [0.05, 0.1) is 17.6 Å². The van der Waals surface area contributed by atoms with Crippen molar-refractivity contribution in [3.8, 4) is 5.75 Å². The standard InChI is InChI=1S/C18H18N4O7/c1-10-7-14(22(26)27)15(28-2)8-13(10)21-16(23)9-29-17(24)11-3-5-12(6-4-11)20-18(19)25/h3-8H,9H2,1-2H3,(H,21,23)(H3,19,20,25). The quantitative estimate of drug-likeness (QED) is 0.363. The molecule has 0 atom stereocenters. The summed E-state index contributed by atoms with van der Waals surface area (Å²) in [6, 6.07) is 7.55. The topological polar surface area (TPSA) is 163 Å². The van der Waals surface area contributed by atoms with Crippen LogP contribution in [-0.4, -0.2) is 36.5 Å². The largest absolute Gasteiger partial charge is 0.490 e. The van der Waals surface area contributed by atoms with Gasteiger partial charge in [0.2, 0.25) is 0 Å². The number of primary amides is 1. The summed E-state index contributed by atoms with van der Waals surface area (Å²) < 4.78 is 9.90. The smallest absolute Gasteiger partial charge is 0.338 e. The molecule has 4 N–H and O–H groups in total. The first-order valence-corrected chi connectivity index (χ1v) is 8.17. The van der Waals surface area contributed by atoms with Crippen molar-refractivity contribution in [3.05, 3.63) is 57.6 Å². The summed E-state index contributed by atoms with van der Waals surface area (Å²) in [7, 11) is 1.27. The van der Waals surface area contributed by atoms with Crippen molar-refractivity contribution < 1.29 is 28.8 Å². The van der Waals surface area contributed by atoms with Crippen LogP contribution in [0.3, 0.4) is 0 Å². The first-order valence-electron chi connectivity index (χ1n) is 8.17. The number of nitrogens with one attached hydrogen (secondary N) is 2. The lowest BCUT2D eigenvalue weighted by Crippen LogP contribution is -2.21. The SMILES string of the molecule is COc1cc(NC(=O)COC(=O)c2ccc(NC(N)=O)cc2)c(C)cc1[N+](=O)[O-]. The number of amides is 3. The van der Waals surface area contributed by atoms with Crippen molar-refractivity contribution in [1.29, 1.82) is 0 Å². The van der Waals surface area contributed by atoms with E-state index in [1.54, 1.807) is 6.92 Å². The molecule has 0 unspecified atom stereocenters. The number of aryl methyl sites for hydroxylation is 1. The highest BCUT2D eigenvalue weighted by Crippen LogP contribution is 2.32. The van der Waals surface area contributed by atoms with E-state index in [1.807, 2.05) is 0 Å². The van der Waals surface area contributed by atoms with E-state index in [9.17, 15) is 24.5 Å². The molecule has 11 nitrogen and oxygen atoms in total. The minimum atomic E-state index is -0.747. The van der Waals surface area contributed by atoms with Crippen LogP contribution < -0.4 is 21.1 Å². The second-order valence-corrected chi connectivity index (χ2v) is 5.79. The number of nitrogens with two attached hydrogens (primary N) is 1. The highest BCUT2D eigenvalue weighted by atomic mass is 16.6. The number of urea groups is 1. The molecule has 0 saturated carbocycles. The van der Waals surface area contributed by atoms with Crippen molar-refractivity contribution in [2.75, 3.05) is 24.4 Å². The number of anilines is 2. The fraction of sp³-hybridized carbons (Fsp3) is 0.167. The predicted octanol–water partition coefficient (Wildman–Crippen LogP) is 2.20. The number of nitrogens with zero attached hydrogens (tertiary/aromatic N) is 1. The molecule has 0 radical (unpaired) electrons. The number of nitro groups is 1. The molecule has 2 aromatic rings. The lowest BCUT2D eigenvalue weighted by atomic mass is 10.1. The minimum absolute atomic E-state index is 0.0162. The van der Waals surface area contributed by atoms with Gasteiger partial charge in [-0.15, -0.1) is 0 Å². The average molecular weight is 402 g/mol. The number of hydrogen-bond acceptors (Lipinski definition) is 7. The summed E-state index contributed by atoms with van der Waals surface area (Å²) in [5.74, 6) is -1.40. The Morgan fingerprint density at radius 3 is 2.34 bits per heavy atom. The van der Waals surface area contributed by atoms with Gasteiger partial charge in [-0.2, -0.15) is 0 Å². The van der Waals surface area contributed by atoms with E-state index in [0.717, 1.165) is 0 Å². The number of nitro benzene ring substituents is 1. The molecular weight excluding hydrogens is 384 g/mol. The first kappa shape index (κ1) is 21.2. The molecule has 152 valence electrons. The van der Waals surface area contributed by atoms with Gasteiger partial charge in [-0.1, -0.05) is 0 Å². The third-order valence-corrected chi connectivity index (χ3v) is 3.72. The van der Waals surface area contributed by atoms with Gasteiger partial charge in [-0.3, -0.25) is 14.9 Å². The normalized spacial score (nSPS) is 10.0. The number of benzene rings is 2. The van der Waals surface area contributed by atoms with Gasteiger partial charge >= 0.3 is 17.7 Å². The van der Waals surface area contributed by atoms with Crippen molar-refractivity contribution in [3.63, 3.8) is 0 Å². The molecular formula is C18H18N4O7. The maximum Gasteiger partial charge on any atom is 0.338 e. The van der Waals surface area contributed by atoms with Gasteiger partial charge < -0.3 is 25.8 Å². The number of carbonyl (C=O) groups excluding carboxylic acids is 3. The maximum atomic E-state index is 12.1. The van der Waals surface area contributed by atoms with Crippen LogP contribution in [0.5, 0.6) is 5.75 Å². The summed E-state index contributed by atoms with van der Waals surface area (Å²) >= 11 is 0. The molecule has 11 heteroatoms. The lowest BCUT2D eigenvalue weighted by molar-refractivity contribution is -0.385. The Morgan fingerprint density at radius 1 is 1.14 bits per heavy atom. The van der Waals surface area contributed by atoms with Gasteiger partial charge in [0.15, 0.2) is 12.4 Å². The van der Waals surface area contributed by atoms with Crippen LogP contribution in [0, 0.1) is 17.0 Å². The second kappa shape index (κ2) is 9.17. The van der Waals surface area contributed by atoms with Crippen LogP contribution in [0.1, 0.15) is 15.9 Å². The molecule has 0 aliphatic carbocycles. The Balaban J connectivity index is 1.98. The van der Waals surface area contributed by atoms with E-state index in [1.165, 1.54) is 43.5 Å². The van der Waals surface area contributed by atoms with Gasteiger partial charge in [0.25, 0.3) is 5.91 Å². The van der Waals surface area contributed by atoms with Gasteiger partial charge in [0, 0.05) is 23.5 Å². The van der Waals surface area contributed by atoms with Crippen LogP contribution >= 0.6 is 0 Å². The summed E-state index contributed by atoms with van der Waals surface area (Å²) in [6.45, 7) is 1.01. The molecule has 2 rings (SSSR count). The van der Waals surface area contributed by atoms with Gasteiger partial charge in [-0.05, 0) is 36.8 Å². The Morgan fingerprint density at radius 2 is 1.79 bits per heavy atom. The molecule has 3 amide bonds. The Kier molecular flexibility index (Phi) is 6.69. The number of hydrogen-bond donors (Lipinski definition) is 3. The van der Waals surface area contributed by atoms with Crippen LogP contribution in [0.2, 0.25) is 0 Å². The Labute approximate surface area is 164 Å². The van der Waals surface area contributed by atoms with Gasteiger partial charge in [-0.25, -0.2) is 9.59 Å². The summed E-state index contributed by atoms with van der Waals surface area (Å²) in [4.78, 5) is 45.3. The van der Waals surface area contributed by atoms with E-state index in [2.05, 4.69) is 10.6 Å². The van der Waals surface area contributed by atoms with E-state index in [0.29, 0.717) is 11.3 Å². The van der Waals surface area contributed by atoms with Crippen molar-refractivity contribution in [1.82, 2.24) is 0 Å². The fourth-order valence-electron chi connectivity index (χ4n) is 2.35. The number of methoxy groups -OCH3 is 1. The molecule has 0 fully saturated rings. The third kappa shape index (κ3) is 5.66. The van der Waals surface area contributed by atoms with Crippen LogP contribution in [0.4, 0.5) is 21.9 Å². The zero-order valence-corrected chi connectivity index (χ0v) is 15.6. The molecule has 0 aromatic heterocycles. The molecule has 0 aliphatic rings. The van der Waals surface area contributed by atoms with E-state index < -0.39 is 29.4 Å². The average Bonchev–Trinajstić information content (AvgIpc) is 2.67. The second-order valence-electron chi connectivity index (χ2n) is 5.79. The predicted molar refractivity (Wildman–Crippen MR) is 103 cm³/mol. The molecule has 0 aliphatic heterocycles. The number of carbonyl (C=O) groups is 3. The van der Waals surface area contributed by atoms with Crippen LogP contribution in [0.15, 0.2) is 36.4 Å². The van der Waals surface area contributed by atoms with Crippen molar-refractivity contribution >= 4 is 35.0 Å². The summed E-state index contributed by atoms with van der Waals surface area (Å²) in [5, 5.41) is 15.9. The maximum absolute atomic E-state index is 12.1. The summed E-state index contributed by atoms with van der Waals surface area (Å²) in [5.41, 5.74) is 6.05. The Bertz CT molecular complexity index is 957. The highest BCUT2D eigenvalue weighted by Gasteiger charge is 2.19. The van der Waals surface area contributed by atoms with Crippen LogP contribution in [0.25, 0.3) is 0 Å². The lowest BCUT2D eigenvalue weighted by Gasteiger charge is -2.11.